The lowest BCUT2D eigenvalue weighted by Crippen LogP contribution is -2.19. The van der Waals surface area contributed by atoms with E-state index >= 15 is 0 Å². The van der Waals surface area contributed by atoms with Gasteiger partial charge in [0.2, 0.25) is 0 Å². The molecular formula is C27H45F. The summed E-state index contributed by atoms with van der Waals surface area (Å²) < 4.78 is 12.2. The van der Waals surface area contributed by atoms with Crippen LogP contribution in [0.1, 0.15) is 110 Å². The minimum atomic E-state index is 0.731. The molecule has 0 heterocycles. The predicted octanol–water partition coefficient (Wildman–Crippen LogP) is 9.03. The van der Waals surface area contributed by atoms with Crippen molar-refractivity contribution >= 4 is 0 Å². The van der Waals surface area contributed by atoms with Crippen molar-refractivity contribution < 1.29 is 4.39 Å². The average Bonchev–Trinajstić information content (AvgIpc) is 2.73. The van der Waals surface area contributed by atoms with Crippen LogP contribution in [-0.4, -0.2) is 0 Å². The summed E-state index contributed by atoms with van der Waals surface area (Å²) >= 11 is 0. The van der Waals surface area contributed by atoms with Crippen molar-refractivity contribution in [2.24, 2.45) is 35.5 Å². The molecule has 0 aromatic rings. The van der Waals surface area contributed by atoms with E-state index in [1.807, 2.05) is 0 Å². The van der Waals surface area contributed by atoms with Crippen molar-refractivity contribution in [2.75, 3.05) is 0 Å². The van der Waals surface area contributed by atoms with Crippen LogP contribution >= 0.6 is 0 Å². The van der Waals surface area contributed by atoms with Crippen molar-refractivity contribution in [2.45, 2.75) is 110 Å². The highest BCUT2D eigenvalue weighted by Crippen LogP contribution is 2.40. The van der Waals surface area contributed by atoms with Gasteiger partial charge in [0, 0.05) is 0 Å². The first kappa shape index (κ1) is 22.1. The molecule has 0 nitrogen and oxygen atoms in total. The summed E-state index contributed by atoms with van der Waals surface area (Å²) in [7, 11) is 0. The molecule has 0 amide bonds. The third-order valence-electron chi connectivity index (χ3n) is 8.56. The van der Waals surface area contributed by atoms with Crippen molar-refractivity contribution in [1.29, 1.82) is 0 Å². The normalized spacial score (nSPS) is 38.0. The smallest absolute Gasteiger partial charge is 0.0827 e. The molecule has 28 heavy (non-hydrogen) atoms. The predicted molar refractivity (Wildman–Crippen MR) is 120 cm³/mol. The lowest BCUT2D eigenvalue weighted by molar-refractivity contribution is 0.225. The topological polar surface area (TPSA) is 0 Å². The highest BCUT2D eigenvalue weighted by Gasteiger charge is 2.26. The van der Waals surface area contributed by atoms with Gasteiger partial charge < -0.3 is 0 Å². The molecular weight excluding hydrogens is 343 g/mol. The summed E-state index contributed by atoms with van der Waals surface area (Å²) in [5, 5.41) is 0. The largest absolute Gasteiger partial charge is 0.216 e. The van der Waals surface area contributed by atoms with Crippen molar-refractivity contribution in [3.63, 3.8) is 0 Å². The van der Waals surface area contributed by atoms with Gasteiger partial charge >= 0.3 is 0 Å². The Bertz CT molecular complexity index is 480. The maximum Gasteiger partial charge on any atom is 0.0827 e. The third kappa shape index (κ3) is 7.03. The second-order valence-electron chi connectivity index (χ2n) is 10.7. The summed E-state index contributed by atoms with van der Waals surface area (Å²) in [6.45, 7) is 4.85. The molecule has 0 saturated heterocycles. The molecule has 3 aliphatic carbocycles. The molecule has 0 aromatic carbocycles. The van der Waals surface area contributed by atoms with Gasteiger partial charge in [-0.2, -0.15) is 0 Å². The van der Waals surface area contributed by atoms with Gasteiger partial charge in [-0.3, -0.25) is 0 Å². The van der Waals surface area contributed by atoms with E-state index in [9.17, 15) is 4.39 Å². The van der Waals surface area contributed by atoms with E-state index in [0.717, 1.165) is 48.3 Å². The number of hydrogen-bond acceptors (Lipinski definition) is 0. The fourth-order valence-corrected chi connectivity index (χ4v) is 6.34. The van der Waals surface area contributed by atoms with Crippen LogP contribution in [0.2, 0.25) is 0 Å². The molecule has 0 bridgehead atoms. The molecule has 0 aromatic heterocycles. The van der Waals surface area contributed by atoms with Gasteiger partial charge in [-0.15, -0.1) is 0 Å². The van der Waals surface area contributed by atoms with E-state index in [2.05, 4.69) is 19.9 Å². The van der Waals surface area contributed by atoms with E-state index < -0.39 is 0 Å². The van der Waals surface area contributed by atoms with Gasteiger partial charge in [0.15, 0.2) is 0 Å². The fraction of sp³-hybridized carbons (Fsp3) is 0.852. The molecule has 0 aliphatic heterocycles. The molecule has 3 aliphatic rings. The van der Waals surface area contributed by atoms with Crippen LogP contribution < -0.4 is 0 Å². The Morgan fingerprint density at radius 3 is 1.86 bits per heavy atom. The lowest BCUT2D eigenvalue weighted by Gasteiger charge is -2.33. The zero-order valence-electron chi connectivity index (χ0n) is 18.7. The molecule has 160 valence electrons. The first-order valence-electron chi connectivity index (χ1n) is 12.6. The zero-order valence-corrected chi connectivity index (χ0v) is 18.7. The fourth-order valence-electron chi connectivity index (χ4n) is 6.34. The Labute approximate surface area is 174 Å². The second kappa shape index (κ2) is 11.6. The van der Waals surface area contributed by atoms with Crippen molar-refractivity contribution in [3.05, 3.63) is 24.1 Å². The first-order chi connectivity index (χ1) is 13.6. The van der Waals surface area contributed by atoms with Crippen LogP contribution in [0.4, 0.5) is 4.39 Å². The minimum Gasteiger partial charge on any atom is -0.216 e. The summed E-state index contributed by atoms with van der Waals surface area (Å²) in [6.07, 6.45) is 26.0. The number of rotatable bonds is 7. The van der Waals surface area contributed by atoms with Crippen LogP contribution in [-0.2, 0) is 0 Å². The first-order valence-corrected chi connectivity index (χ1v) is 12.6. The maximum atomic E-state index is 12.2. The van der Waals surface area contributed by atoms with E-state index in [-0.39, 0.29) is 0 Å². The Kier molecular flexibility index (Phi) is 9.12. The monoisotopic (exact) mass is 388 g/mol. The van der Waals surface area contributed by atoms with Gasteiger partial charge in [0.25, 0.3) is 0 Å². The van der Waals surface area contributed by atoms with Crippen molar-refractivity contribution in [1.82, 2.24) is 0 Å². The molecule has 0 atom stereocenters. The van der Waals surface area contributed by atoms with Crippen LogP contribution in [0.5, 0.6) is 0 Å². The van der Waals surface area contributed by atoms with Crippen LogP contribution in [0, 0.1) is 35.5 Å². The molecule has 0 unspecified atom stereocenters. The Morgan fingerprint density at radius 2 is 1.29 bits per heavy atom. The maximum absolute atomic E-state index is 12.2. The Hall–Kier alpha value is -0.590. The van der Waals surface area contributed by atoms with Crippen LogP contribution in [0.15, 0.2) is 24.1 Å². The van der Waals surface area contributed by atoms with Gasteiger partial charge in [-0.25, -0.2) is 4.39 Å². The molecule has 3 fully saturated rings. The molecule has 0 spiro atoms. The second-order valence-corrected chi connectivity index (χ2v) is 10.7. The lowest BCUT2D eigenvalue weighted by atomic mass is 9.73. The summed E-state index contributed by atoms with van der Waals surface area (Å²) in [4.78, 5) is 0. The number of allylic oxidation sites excluding steroid dienone is 3. The van der Waals surface area contributed by atoms with Gasteiger partial charge in [0.05, 0.1) is 6.33 Å². The van der Waals surface area contributed by atoms with Crippen molar-refractivity contribution in [3.8, 4) is 0 Å². The van der Waals surface area contributed by atoms with Gasteiger partial charge in [0.1, 0.15) is 0 Å². The molecule has 1 heteroatoms. The molecule has 0 radical (unpaired) electrons. The summed E-state index contributed by atoms with van der Waals surface area (Å²) in [5.41, 5.74) is 1.72. The quantitative estimate of drug-likeness (QED) is 0.382. The van der Waals surface area contributed by atoms with Crippen LogP contribution in [0.3, 0.4) is 0 Å². The van der Waals surface area contributed by atoms with E-state index in [1.165, 1.54) is 89.9 Å². The summed E-state index contributed by atoms with van der Waals surface area (Å²) in [6, 6.07) is 0. The van der Waals surface area contributed by atoms with E-state index in [0.29, 0.717) is 0 Å². The van der Waals surface area contributed by atoms with E-state index in [1.54, 1.807) is 11.6 Å². The van der Waals surface area contributed by atoms with Gasteiger partial charge in [-0.1, -0.05) is 63.2 Å². The Morgan fingerprint density at radius 1 is 0.750 bits per heavy atom. The molecule has 0 N–H and O–H groups in total. The standard InChI is InChI=1S/C27H45F/c1-21-5-7-26(8-6-21)20-22(2)27-17-15-25(16-18-27)14-13-24-11-9-23(10-12-24)4-3-19-28/h3,19-21,23-27H,4-18H2,1-2H3/b19-3+,22-20+. The SMILES string of the molecule is C/C(=C\C1CCC(C)CC1)C1CCC(CCC2CCC(C/C=C/F)CC2)CC1. The highest BCUT2D eigenvalue weighted by atomic mass is 19.1. The molecule has 3 rings (SSSR count). The number of hydrogen-bond donors (Lipinski definition) is 0. The Balaban J connectivity index is 1.31. The minimum absolute atomic E-state index is 0.731. The van der Waals surface area contributed by atoms with Gasteiger partial charge in [-0.05, 0) is 100 Å². The van der Waals surface area contributed by atoms with E-state index in [4.69, 9.17) is 0 Å². The summed E-state index contributed by atoms with van der Waals surface area (Å²) in [5.74, 6) is 5.42. The zero-order chi connectivity index (χ0) is 19.8. The average molecular weight is 389 g/mol. The highest BCUT2D eigenvalue weighted by molar-refractivity contribution is 5.07. The number of halogens is 1. The van der Waals surface area contributed by atoms with Crippen LogP contribution in [0.25, 0.3) is 0 Å². The molecule has 3 saturated carbocycles. The third-order valence-corrected chi connectivity index (χ3v) is 8.56.